The van der Waals surface area contributed by atoms with Crippen LogP contribution in [0.15, 0.2) is 59.5 Å². The van der Waals surface area contributed by atoms with Crippen molar-refractivity contribution in [1.82, 2.24) is 0 Å². The summed E-state index contributed by atoms with van der Waals surface area (Å²) in [5.74, 6) is -1.50. The zero-order valence-electron chi connectivity index (χ0n) is 16.7. The molecule has 3 aromatic carbocycles. The zero-order valence-corrected chi connectivity index (χ0v) is 17.5. The summed E-state index contributed by atoms with van der Waals surface area (Å²) >= 11 is 0. The molecule has 0 atom stereocenters. The lowest BCUT2D eigenvalue weighted by Crippen LogP contribution is -2.15. The highest BCUT2D eigenvalue weighted by molar-refractivity contribution is 7.92. The number of carbonyl (C=O) groups is 1. The fraction of sp³-hybridized carbons (Fsp3) is 0.136. The number of carboxylic acids is 1. The summed E-state index contributed by atoms with van der Waals surface area (Å²) in [6.07, 6.45) is -4.22. The topological polar surface area (TPSA) is 113 Å². The molecule has 1 aliphatic heterocycles. The lowest BCUT2D eigenvalue weighted by atomic mass is 10.00. The van der Waals surface area contributed by atoms with E-state index in [4.69, 9.17) is 9.84 Å². The number of anilines is 1. The lowest BCUT2D eigenvalue weighted by Gasteiger charge is -2.15. The molecule has 3 aromatic rings. The molecule has 11 heteroatoms. The molecule has 0 unspecified atom stereocenters. The quantitative estimate of drug-likeness (QED) is 0.496. The average Bonchev–Trinajstić information content (AvgIpc) is 3.20. The van der Waals surface area contributed by atoms with E-state index < -0.39 is 43.9 Å². The molecular weight excluding hydrogens is 463 g/mol. The van der Waals surface area contributed by atoms with Crippen molar-refractivity contribution in [1.29, 1.82) is 0 Å². The summed E-state index contributed by atoms with van der Waals surface area (Å²) in [5, 5.41) is 18.7. The molecule has 0 fully saturated rings. The van der Waals surface area contributed by atoms with Gasteiger partial charge in [-0.3, -0.25) is 4.72 Å². The predicted octanol–water partition coefficient (Wildman–Crippen LogP) is 4.51. The van der Waals surface area contributed by atoms with E-state index in [-0.39, 0.29) is 11.3 Å². The summed E-state index contributed by atoms with van der Waals surface area (Å²) in [4.78, 5) is 10.4. The molecule has 0 saturated heterocycles. The van der Waals surface area contributed by atoms with E-state index in [1.54, 1.807) is 18.2 Å². The molecule has 0 radical (unpaired) electrons. The van der Waals surface area contributed by atoms with Crippen molar-refractivity contribution in [3.63, 3.8) is 0 Å². The van der Waals surface area contributed by atoms with Crippen molar-refractivity contribution >= 4 is 21.7 Å². The number of phenols is 1. The van der Waals surface area contributed by atoms with E-state index in [1.807, 2.05) is 0 Å². The molecule has 7 nitrogen and oxygen atoms in total. The monoisotopic (exact) mass is 479 g/mol. The minimum absolute atomic E-state index is 0.0453. The number of carboxylic acid groups (broad SMARTS) is 1. The van der Waals surface area contributed by atoms with Crippen LogP contribution in [0.1, 0.15) is 21.5 Å². The average molecular weight is 479 g/mol. The van der Waals surface area contributed by atoms with E-state index in [0.29, 0.717) is 30.4 Å². The van der Waals surface area contributed by atoms with E-state index in [0.717, 1.165) is 35.9 Å². The number of sulfonamides is 1. The molecule has 172 valence electrons. The van der Waals surface area contributed by atoms with E-state index in [1.165, 1.54) is 0 Å². The molecular formula is C22H16F3NO6S. The van der Waals surface area contributed by atoms with E-state index in [2.05, 4.69) is 4.72 Å². The van der Waals surface area contributed by atoms with Crippen LogP contribution in [-0.4, -0.2) is 31.2 Å². The Morgan fingerprint density at radius 1 is 1.00 bits per heavy atom. The summed E-state index contributed by atoms with van der Waals surface area (Å²) in [5.41, 5.74) is -0.581. The SMILES string of the molecule is O=C(O)c1ccc(NS(=O)(=O)c2cc(-c3ccc4c(c3)CCO4)cc(C(F)(F)F)c2)cc1O. The van der Waals surface area contributed by atoms with Crippen molar-refractivity contribution in [3.05, 3.63) is 71.3 Å². The standard InChI is InChI=1S/C22H16F3NO6S/c23-22(24,25)15-8-14(12-1-4-20-13(7-12)5-6-32-20)9-17(10-15)33(30,31)26-16-2-3-18(21(28)29)19(27)11-16/h1-4,7-11,26-27H,5-6H2,(H,28,29). The first-order valence-corrected chi connectivity index (χ1v) is 11.0. The highest BCUT2D eigenvalue weighted by Gasteiger charge is 2.33. The zero-order chi connectivity index (χ0) is 24.0. The predicted molar refractivity (Wildman–Crippen MR) is 112 cm³/mol. The highest BCUT2D eigenvalue weighted by atomic mass is 32.2. The Morgan fingerprint density at radius 2 is 1.76 bits per heavy atom. The smallest absolute Gasteiger partial charge is 0.416 e. The Morgan fingerprint density at radius 3 is 2.42 bits per heavy atom. The van der Waals surface area contributed by atoms with Crippen molar-refractivity contribution in [3.8, 4) is 22.6 Å². The number of alkyl halides is 3. The van der Waals surface area contributed by atoms with Crippen molar-refractivity contribution in [2.45, 2.75) is 17.5 Å². The summed E-state index contributed by atoms with van der Waals surface area (Å²) < 4.78 is 73.9. The van der Waals surface area contributed by atoms with Crippen LogP contribution in [0.25, 0.3) is 11.1 Å². The minimum atomic E-state index is -4.80. The van der Waals surface area contributed by atoms with Gasteiger partial charge in [-0.15, -0.1) is 0 Å². The first-order valence-electron chi connectivity index (χ1n) is 9.51. The van der Waals surface area contributed by atoms with Gasteiger partial charge in [0, 0.05) is 12.5 Å². The fourth-order valence-corrected chi connectivity index (χ4v) is 4.56. The third-order valence-electron chi connectivity index (χ3n) is 5.05. The number of hydrogen-bond donors (Lipinski definition) is 3. The molecule has 4 rings (SSSR count). The fourth-order valence-electron chi connectivity index (χ4n) is 3.44. The van der Waals surface area contributed by atoms with Crippen LogP contribution in [-0.2, 0) is 22.6 Å². The number of ether oxygens (including phenoxy) is 1. The second kappa shape index (κ2) is 8.00. The van der Waals surface area contributed by atoms with Crippen molar-refractivity contribution in [2.24, 2.45) is 0 Å². The van der Waals surface area contributed by atoms with Gasteiger partial charge in [0.05, 0.1) is 22.8 Å². The van der Waals surface area contributed by atoms with Crippen molar-refractivity contribution < 1.29 is 41.3 Å². The molecule has 1 heterocycles. The molecule has 3 N–H and O–H groups in total. The Kier molecular flexibility index (Phi) is 5.44. The van der Waals surface area contributed by atoms with Gasteiger partial charge < -0.3 is 14.9 Å². The van der Waals surface area contributed by atoms with Gasteiger partial charge in [0.25, 0.3) is 10.0 Å². The molecule has 0 saturated carbocycles. The number of aromatic hydroxyl groups is 1. The first kappa shape index (κ1) is 22.5. The summed E-state index contributed by atoms with van der Waals surface area (Å²) in [6.45, 7) is 0.457. The highest BCUT2D eigenvalue weighted by Crippen LogP contribution is 2.37. The van der Waals surface area contributed by atoms with Gasteiger partial charge in [0.1, 0.15) is 17.1 Å². The lowest BCUT2D eigenvalue weighted by molar-refractivity contribution is -0.137. The number of nitrogens with one attached hydrogen (secondary N) is 1. The van der Waals surface area contributed by atoms with Crippen LogP contribution in [0.4, 0.5) is 18.9 Å². The number of benzene rings is 3. The Hall–Kier alpha value is -3.73. The number of aromatic carboxylic acids is 1. The van der Waals surface area contributed by atoms with Gasteiger partial charge in [0.15, 0.2) is 0 Å². The van der Waals surface area contributed by atoms with Crippen LogP contribution in [0.5, 0.6) is 11.5 Å². The summed E-state index contributed by atoms with van der Waals surface area (Å²) in [6, 6.07) is 10.2. The van der Waals surface area contributed by atoms with Crippen LogP contribution in [0.2, 0.25) is 0 Å². The largest absolute Gasteiger partial charge is 0.507 e. The normalized spacial score (nSPS) is 13.3. The molecule has 0 spiro atoms. The first-order chi connectivity index (χ1) is 15.4. The number of hydrogen-bond acceptors (Lipinski definition) is 5. The minimum Gasteiger partial charge on any atom is -0.507 e. The van der Waals surface area contributed by atoms with Gasteiger partial charge in [-0.1, -0.05) is 6.07 Å². The maximum atomic E-state index is 13.5. The number of rotatable bonds is 5. The van der Waals surface area contributed by atoms with Gasteiger partial charge in [-0.25, -0.2) is 13.2 Å². The van der Waals surface area contributed by atoms with Crippen LogP contribution < -0.4 is 9.46 Å². The number of halogens is 3. The molecule has 1 aliphatic rings. The Labute approximate surface area is 186 Å². The number of fused-ring (bicyclic) bond motifs is 1. The van der Waals surface area contributed by atoms with Crippen LogP contribution >= 0.6 is 0 Å². The third-order valence-corrected chi connectivity index (χ3v) is 6.41. The Balaban J connectivity index is 1.77. The molecule has 0 aliphatic carbocycles. The van der Waals surface area contributed by atoms with Gasteiger partial charge >= 0.3 is 12.1 Å². The van der Waals surface area contributed by atoms with Crippen molar-refractivity contribution in [2.75, 3.05) is 11.3 Å². The molecule has 0 amide bonds. The molecule has 33 heavy (non-hydrogen) atoms. The maximum Gasteiger partial charge on any atom is 0.416 e. The molecule has 0 bridgehead atoms. The van der Waals surface area contributed by atoms with E-state index in [9.17, 15) is 31.5 Å². The maximum absolute atomic E-state index is 13.5. The third kappa shape index (κ3) is 4.58. The van der Waals surface area contributed by atoms with Crippen LogP contribution in [0.3, 0.4) is 0 Å². The second-order valence-corrected chi connectivity index (χ2v) is 8.99. The summed E-state index contributed by atoms with van der Waals surface area (Å²) in [7, 11) is -4.52. The Bertz CT molecular complexity index is 1370. The van der Waals surface area contributed by atoms with Gasteiger partial charge in [0.2, 0.25) is 0 Å². The van der Waals surface area contributed by atoms with E-state index >= 15 is 0 Å². The second-order valence-electron chi connectivity index (χ2n) is 7.31. The van der Waals surface area contributed by atoms with Crippen LogP contribution in [0, 0.1) is 0 Å². The molecule has 0 aromatic heterocycles. The van der Waals surface area contributed by atoms with Gasteiger partial charge in [-0.2, -0.15) is 13.2 Å². The van der Waals surface area contributed by atoms with Gasteiger partial charge in [-0.05, 0) is 59.2 Å².